The number of nitrogens with one attached hydrogen (secondary N) is 1. The van der Waals surface area contributed by atoms with E-state index in [4.69, 9.17) is 23.7 Å². The Morgan fingerprint density at radius 2 is 1.17 bits per heavy atom. The number of aliphatic hydroxyl groups excluding tert-OH is 1. The summed E-state index contributed by atoms with van der Waals surface area (Å²) in [7, 11) is 0. The minimum absolute atomic E-state index is 0.0326. The maximum absolute atomic E-state index is 12.5. The molecule has 3 heterocycles. The van der Waals surface area contributed by atoms with Crippen molar-refractivity contribution in [3.05, 3.63) is 12.2 Å². The normalized spacial score (nSPS) is 17.4. The lowest BCUT2D eigenvalue weighted by Crippen LogP contribution is -2.46. The zero-order valence-corrected chi connectivity index (χ0v) is 24.0. The molecule has 3 aliphatic heterocycles. The SMILES string of the molecule is C=C(C)C(=O)OCCNC(O)OCC(COC(=O)CCN1CC1)(COC(=O)CCN1CC1)COC(=O)CCN1CC1. The van der Waals surface area contributed by atoms with Crippen LogP contribution in [0.3, 0.4) is 0 Å². The molecule has 14 heteroatoms. The largest absolute Gasteiger partial charge is 0.465 e. The number of aliphatic hydroxyl groups is 1. The van der Waals surface area contributed by atoms with Gasteiger partial charge in [0.25, 0.3) is 0 Å². The molecule has 0 aromatic heterocycles. The molecule has 0 aromatic carbocycles. The van der Waals surface area contributed by atoms with Crippen LogP contribution in [-0.2, 0) is 42.9 Å². The van der Waals surface area contributed by atoms with Gasteiger partial charge in [0.2, 0.25) is 6.41 Å². The lowest BCUT2D eigenvalue weighted by molar-refractivity contribution is -0.187. The van der Waals surface area contributed by atoms with Gasteiger partial charge >= 0.3 is 23.9 Å². The Labute approximate surface area is 240 Å². The molecule has 1 unspecified atom stereocenters. The topological polar surface area (TPSA) is 156 Å². The molecule has 1 atom stereocenters. The highest BCUT2D eigenvalue weighted by Crippen LogP contribution is 2.23. The van der Waals surface area contributed by atoms with Crippen LogP contribution in [-0.4, -0.2) is 149 Å². The molecule has 0 aromatic rings. The van der Waals surface area contributed by atoms with Crippen LogP contribution in [0.15, 0.2) is 12.2 Å². The number of rotatable bonds is 23. The van der Waals surface area contributed by atoms with Gasteiger partial charge in [-0.3, -0.25) is 19.7 Å². The van der Waals surface area contributed by atoms with Gasteiger partial charge in [0, 0.05) is 71.0 Å². The van der Waals surface area contributed by atoms with E-state index in [-0.39, 0.29) is 64.4 Å². The van der Waals surface area contributed by atoms with Crippen LogP contribution in [0.25, 0.3) is 0 Å². The zero-order chi connectivity index (χ0) is 29.7. The molecule has 0 radical (unpaired) electrons. The molecule has 0 aliphatic carbocycles. The van der Waals surface area contributed by atoms with E-state index >= 15 is 0 Å². The van der Waals surface area contributed by atoms with Gasteiger partial charge < -0.3 is 43.5 Å². The Morgan fingerprint density at radius 1 is 0.756 bits per heavy atom. The van der Waals surface area contributed by atoms with E-state index in [1.54, 1.807) is 0 Å². The Hall–Kier alpha value is -2.62. The molecule has 0 saturated carbocycles. The first kappa shape index (κ1) is 32.9. The third-order valence-corrected chi connectivity index (χ3v) is 6.68. The zero-order valence-electron chi connectivity index (χ0n) is 24.0. The van der Waals surface area contributed by atoms with Crippen molar-refractivity contribution in [2.45, 2.75) is 32.6 Å². The van der Waals surface area contributed by atoms with Gasteiger partial charge in [-0.2, -0.15) is 0 Å². The Kier molecular flexibility index (Phi) is 13.4. The van der Waals surface area contributed by atoms with Crippen LogP contribution in [0.5, 0.6) is 0 Å². The number of esters is 4. The second-order valence-corrected chi connectivity index (χ2v) is 10.8. The van der Waals surface area contributed by atoms with Gasteiger partial charge in [-0.1, -0.05) is 6.58 Å². The number of carbonyl (C=O) groups is 4. The Morgan fingerprint density at radius 3 is 1.54 bits per heavy atom. The van der Waals surface area contributed by atoms with Crippen molar-refractivity contribution in [3.63, 3.8) is 0 Å². The molecule has 41 heavy (non-hydrogen) atoms. The summed E-state index contributed by atoms with van der Waals surface area (Å²) in [6.07, 6.45) is -0.923. The monoisotopic (exact) mass is 584 g/mol. The highest BCUT2D eigenvalue weighted by Gasteiger charge is 2.38. The van der Waals surface area contributed by atoms with Crippen LogP contribution in [0.4, 0.5) is 0 Å². The number of carbonyl (C=O) groups excluding carboxylic acids is 4. The Balaban J connectivity index is 1.57. The number of ether oxygens (including phenoxy) is 5. The molecule has 14 nitrogen and oxygen atoms in total. The molecular formula is C27H44N4O10. The number of hydrogen-bond donors (Lipinski definition) is 2. The summed E-state index contributed by atoms with van der Waals surface area (Å²) in [6.45, 7) is 11.5. The highest BCUT2D eigenvalue weighted by molar-refractivity contribution is 5.86. The summed E-state index contributed by atoms with van der Waals surface area (Å²) in [6, 6.07) is 0. The van der Waals surface area contributed by atoms with Gasteiger partial charge in [0.05, 0.1) is 31.3 Å². The van der Waals surface area contributed by atoms with Crippen LogP contribution >= 0.6 is 0 Å². The highest BCUT2D eigenvalue weighted by atomic mass is 16.6. The van der Waals surface area contributed by atoms with Crippen LogP contribution in [0.1, 0.15) is 26.2 Å². The minimum Gasteiger partial charge on any atom is -0.465 e. The first-order chi connectivity index (χ1) is 19.6. The second-order valence-electron chi connectivity index (χ2n) is 10.8. The van der Waals surface area contributed by atoms with Gasteiger partial charge in [-0.05, 0) is 6.92 Å². The summed E-state index contributed by atoms with van der Waals surface area (Å²) < 4.78 is 27.1. The fraction of sp³-hybridized carbons (Fsp3) is 0.778. The lowest BCUT2D eigenvalue weighted by atomic mass is 9.92. The average Bonchev–Trinajstić information content (AvgIpc) is 3.80. The van der Waals surface area contributed by atoms with E-state index in [0.717, 1.165) is 39.3 Å². The van der Waals surface area contributed by atoms with Crippen molar-refractivity contribution < 1.29 is 48.0 Å². The summed E-state index contributed by atoms with van der Waals surface area (Å²) in [5.74, 6) is -1.89. The summed E-state index contributed by atoms with van der Waals surface area (Å²) in [4.78, 5) is 55.1. The van der Waals surface area contributed by atoms with Crippen molar-refractivity contribution in [2.24, 2.45) is 5.41 Å². The lowest BCUT2D eigenvalue weighted by Gasteiger charge is -2.32. The molecule has 3 fully saturated rings. The van der Waals surface area contributed by atoms with Crippen LogP contribution in [0, 0.1) is 5.41 Å². The first-order valence-corrected chi connectivity index (χ1v) is 14.1. The van der Waals surface area contributed by atoms with Gasteiger partial charge in [-0.15, -0.1) is 0 Å². The third kappa shape index (κ3) is 14.7. The standard InChI is InChI=1S/C27H44N4O10/c1-21(2)25(35)37-16-6-28-26(36)41-20-27(17-38-22(32)3-7-29-10-11-29,18-39-23(33)4-8-30-12-13-30)19-40-24(34)5-9-31-14-15-31/h26,28,36H,1,3-20H2,2H3. The summed E-state index contributed by atoms with van der Waals surface area (Å²) in [5.41, 5.74) is -1.02. The van der Waals surface area contributed by atoms with Crippen LogP contribution in [0.2, 0.25) is 0 Å². The van der Waals surface area contributed by atoms with E-state index < -0.39 is 35.7 Å². The van der Waals surface area contributed by atoms with Crippen molar-refractivity contribution in [1.82, 2.24) is 20.0 Å². The third-order valence-electron chi connectivity index (χ3n) is 6.68. The molecule has 3 rings (SSSR count). The molecule has 3 saturated heterocycles. The fourth-order valence-corrected chi connectivity index (χ4v) is 3.56. The van der Waals surface area contributed by atoms with E-state index in [9.17, 15) is 24.3 Å². The van der Waals surface area contributed by atoms with Crippen molar-refractivity contribution in [1.29, 1.82) is 0 Å². The van der Waals surface area contributed by atoms with Gasteiger partial charge in [0.1, 0.15) is 26.4 Å². The van der Waals surface area contributed by atoms with Gasteiger partial charge in [0.15, 0.2) is 0 Å². The molecule has 232 valence electrons. The summed E-state index contributed by atoms with van der Waals surface area (Å²) in [5, 5.41) is 13.0. The van der Waals surface area contributed by atoms with E-state index in [2.05, 4.69) is 26.6 Å². The molecule has 3 aliphatic rings. The average molecular weight is 585 g/mol. The minimum atomic E-state index is -1.49. The van der Waals surface area contributed by atoms with E-state index in [1.165, 1.54) is 6.92 Å². The van der Waals surface area contributed by atoms with Gasteiger partial charge in [-0.25, -0.2) is 4.79 Å². The summed E-state index contributed by atoms with van der Waals surface area (Å²) >= 11 is 0. The number of nitrogens with zero attached hydrogens (tertiary/aromatic N) is 3. The van der Waals surface area contributed by atoms with Crippen LogP contribution < -0.4 is 5.32 Å². The Bertz CT molecular complexity index is 826. The molecule has 2 N–H and O–H groups in total. The predicted molar refractivity (Wildman–Crippen MR) is 144 cm³/mol. The number of hydrogen-bond acceptors (Lipinski definition) is 14. The van der Waals surface area contributed by atoms with E-state index in [0.29, 0.717) is 19.6 Å². The van der Waals surface area contributed by atoms with Crippen molar-refractivity contribution in [2.75, 3.05) is 98.5 Å². The molecule has 0 amide bonds. The second kappa shape index (κ2) is 16.7. The maximum atomic E-state index is 12.5. The maximum Gasteiger partial charge on any atom is 0.333 e. The predicted octanol–water partition coefficient (Wildman–Crippen LogP) is -1.28. The molecular weight excluding hydrogens is 540 g/mol. The smallest absolute Gasteiger partial charge is 0.333 e. The van der Waals surface area contributed by atoms with Crippen molar-refractivity contribution >= 4 is 23.9 Å². The van der Waals surface area contributed by atoms with Crippen molar-refractivity contribution in [3.8, 4) is 0 Å². The molecule has 0 bridgehead atoms. The van der Waals surface area contributed by atoms with E-state index in [1.807, 2.05) is 0 Å². The quantitative estimate of drug-likeness (QED) is 0.0366. The first-order valence-electron chi connectivity index (χ1n) is 14.1. The molecule has 0 spiro atoms. The fourth-order valence-electron chi connectivity index (χ4n) is 3.56.